The molecule has 0 saturated carbocycles. The van der Waals surface area contributed by atoms with E-state index in [1.807, 2.05) is 47.0 Å². The summed E-state index contributed by atoms with van der Waals surface area (Å²) >= 11 is 1.93. The smallest absolute Gasteiger partial charge is 0.272 e. The van der Waals surface area contributed by atoms with Gasteiger partial charge in [0.2, 0.25) is 0 Å². The molecular weight excluding hydrogens is 348 g/mol. The summed E-state index contributed by atoms with van der Waals surface area (Å²) in [5.41, 5.74) is 2.22. The second-order valence-electron chi connectivity index (χ2n) is 6.74. The van der Waals surface area contributed by atoms with E-state index in [2.05, 4.69) is 29.2 Å². The zero-order chi connectivity index (χ0) is 18.5. The van der Waals surface area contributed by atoms with E-state index in [4.69, 9.17) is 4.74 Å². The van der Waals surface area contributed by atoms with Crippen molar-refractivity contribution in [2.24, 2.45) is 0 Å². The molecule has 7 heteroatoms. The van der Waals surface area contributed by atoms with Gasteiger partial charge in [-0.15, -0.1) is 0 Å². The number of aromatic amines is 1. The third-order valence-electron chi connectivity index (χ3n) is 4.45. The Labute approximate surface area is 158 Å². The monoisotopic (exact) mass is 374 g/mol. The van der Waals surface area contributed by atoms with Crippen molar-refractivity contribution < 1.29 is 9.53 Å². The van der Waals surface area contributed by atoms with Crippen LogP contribution < -0.4 is 4.74 Å². The Bertz CT molecular complexity index is 747. The molecule has 0 aliphatic carbocycles. The highest BCUT2D eigenvalue weighted by atomic mass is 32.2. The Kier molecular flexibility index (Phi) is 6.21. The van der Waals surface area contributed by atoms with Crippen LogP contribution in [0.25, 0.3) is 11.3 Å². The summed E-state index contributed by atoms with van der Waals surface area (Å²) in [6.07, 6.45) is 1.03. The molecule has 1 atom stereocenters. The molecule has 3 rings (SSSR count). The molecule has 1 N–H and O–H groups in total. The normalized spacial score (nSPS) is 18.0. The van der Waals surface area contributed by atoms with Gasteiger partial charge in [0.1, 0.15) is 11.4 Å². The minimum absolute atomic E-state index is 0.0287. The number of carbonyl (C=O) groups excluding carboxylic acids is 1. The minimum Gasteiger partial charge on any atom is -0.497 e. The van der Waals surface area contributed by atoms with Crippen LogP contribution in [0.4, 0.5) is 0 Å². The van der Waals surface area contributed by atoms with Gasteiger partial charge in [-0.1, -0.05) is 12.1 Å². The zero-order valence-corrected chi connectivity index (χ0v) is 16.4. The standard InChI is InChI=1S/C19H26N4O2S/c1-22(2)12-15-13-26-9-5-8-23(15)19(24)18-11-17(20-21-18)14-6-4-7-16(10-14)25-3/h4,6-7,10-11,15H,5,8-9,12-13H2,1-3H3,(H,20,21). The average molecular weight is 375 g/mol. The summed E-state index contributed by atoms with van der Waals surface area (Å²) in [6.45, 7) is 1.66. The Morgan fingerprint density at radius 2 is 2.27 bits per heavy atom. The number of hydrogen-bond donors (Lipinski definition) is 1. The Balaban J connectivity index is 1.81. The van der Waals surface area contributed by atoms with Crippen LogP contribution >= 0.6 is 11.8 Å². The van der Waals surface area contributed by atoms with Crippen LogP contribution in [0.5, 0.6) is 5.75 Å². The van der Waals surface area contributed by atoms with Crippen molar-refractivity contribution in [2.75, 3.05) is 45.8 Å². The first kappa shape index (κ1) is 18.8. The van der Waals surface area contributed by atoms with E-state index in [-0.39, 0.29) is 11.9 Å². The van der Waals surface area contributed by atoms with E-state index >= 15 is 0 Å². The topological polar surface area (TPSA) is 61.5 Å². The van der Waals surface area contributed by atoms with Crippen molar-refractivity contribution in [1.82, 2.24) is 20.0 Å². The lowest BCUT2D eigenvalue weighted by atomic mass is 10.1. The second-order valence-corrected chi connectivity index (χ2v) is 7.89. The molecule has 1 unspecified atom stereocenters. The van der Waals surface area contributed by atoms with Gasteiger partial charge in [-0.25, -0.2) is 0 Å². The fourth-order valence-electron chi connectivity index (χ4n) is 3.19. The van der Waals surface area contributed by atoms with Crippen molar-refractivity contribution in [3.63, 3.8) is 0 Å². The number of ether oxygens (including phenoxy) is 1. The number of H-pyrrole nitrogens is 1. The quantitative estimate of drug-likeness (QED) is 0.872. The number of aromatic nitrogens is 2. The second kappa shape index (κ2) is 8.60. The number of hydrogen-bond acceptors (Lipinski definition) is 5. The van der Waals surface area contributed by atoms with Crippen LogP contribution in [0, 0.1) is 0 Å². The lowest BCUT2D eigenvalue weighted by Crippen LogP contribution is -2.46. The van der Waals surface area contributed by atoms with Gasteiger partial charge in [0.05, 0.1) is 18.8 Å². The fourth-order valence-corrected chi connectivity index (χ4v) is 4.24. The van der Waals surface area contributed by atoms with Gasteiger partial charge in [-0.05, 0) is 44.5 Å². The first-order chi connectivity index (χ1) is 12.6. The third-order valence-corrected chi connectivity index (χ3v) is 5.65. The van der Waals surface area contributed by atoms with Gasteiger partial charge in [0.25, 0.3) is 5.91 Å². The number of thioether (sulfide) groups is 1. The maximum absolute atomic E-state index is 13.1. The van der Waals surface area contributed by atoms with Gasteiger partial charge in [-0.3, -0.25) is 9.89 Å². The first-order valence-electron chi connectivity index (χ1n) is 8.81. The third kappa shape index (κ3) is 4.40. The van der Waals surface area contributed by atoms with Gasteiger partial charge in [0, 0.05) is 24.4 Å². The number of nitrogens with zero attached hydrogens (tertiary/aromatic N) is 3. The summed E-state index contributed by atoms with van der Waals surface area (Å²) < 4.78 is 5.27. The highest BCUT2D eigenvalue weighted by Crippen LogP contribution is 2.24. The molecule has 1 amide bonds. The van der Waals surface area contributed by atoms with Crippen LogP contribution in [-0.2, 0) is 0 Å². The highest BCUT2D eigenvalue weighted by Gasteiger charge is 2.28. The zero-order valence-electron chi connectivity index (χ0n) is 15.6. The maximum Gasteiger partial charge on any atom is 0.272 e. The van der Waals surface area contributed by atoms with Crippen molar-refractivity contribution in [2.45, 2.75) is 12.5 Å². The number of nitrogens with one attached hydrogen (secondary N) is 1. The summed E-state index contributed by atoms with van der Waals surface area (Å²) in [7, 11) is 5.74. The van der Waals surface area contributed by atoms with Crippen molar-refractivity contribution in [3.8, 4) is 17.0 Å². The molecule has 2 aromatic rings. The van der Waals surface area contributed by atoms with Gasteiger partial charge in [-0.2, -0.15) is 16.9 Å². The maximum atomic E-state index is 13.1. The molecule has 0 radical (unpaired) electrons. The molecule has 1 saturated heterocycles. The molecule has 0 bridgehead atoms. The molecule has 1 aliphatic heterocycles. The summed E-state index contributed by atoms with van der Waals surface area (Å²) in [4.78, 5) is 17.3. The largest absolute Gasteiger partial charge is 0.497 e. The molecule has 6 nitrogen and oxygen atoms in total. The molecule has 0 spiro atoms. The minimum atomic E-state index is 0.0287. The fraction of sp³-hybridized carbons (Fsp3) is 0.474. The highest BCUT2D eigenvalue weighted by molar-refractivity contribution is 7.99. The summed E-state index contributed by atoms with van der Waals surface area (Å²) in [5.74, 6) is 2.88. The predicted octanol–water partition coefficient (Wildman–Crippen LogP) is 2.59. The van der Waals surface area contributed by atoms with E-state index in [0.29, 0.717) is 5.69 Å². The Morgan fingerprint density at radius 1 is 1.42 bits per heavy atom. The van der Waals surface area contributed by atoms with E-state index in [9.17, 15) is 4.79 Å². The van der Waals surface area contributed by atoms with E-state index in [0.717, 1.165) is 48.0 Å². The molecular formula is C19H26N4O2S. The number of methoxy groups -OCH3 is 1. The van der Waals surface area contributed by atoms with E-state index in [1.165, 1.54) is 0 Å². The van der Waals surface area contributed by atoms with Gasteiger partial charge >= 0.3 is 0 Å². The van der Waals surface area contributed by atoms with Crippen LogP contribution in [0.15, 0.2) is 30.3 Å². The number of carbonyl (C=O) groups is 1. The number of benzene rings is 1. The van der Waals surface area contributed by atoms with Gasteiger partial charge < -0.3 is 14.5 Å². The molecule has 1 aromatic carbocycles. The summed E-state index contributed by atoms with van der Waals surface area (Å²) in [6, 6.07) is 9.74. The number of rotatable bonds is 5. The van der Waals surface area contributed by atoms with Crippen molar-refractivity contribution >= 4 is 17.7 Å². The molecule has 2 heterocycles. The summed E-state index contributed by atoms with van der Waals surface area (Å²) in [5, 5.41) is 7.27. The van der Waals surface area contributed by atoms with E-state index < -0.39 is 0 Å². The lowest BCUT2D eigenvalue weighted by Gasteiger charge is -2.31. The SMILES string of the molecule is COc1cccc(-c2cc(C(=O)N3CCCSCC3CN(C)C)[nH]n2)c1. The molecule has 1 aliphatic rings. The molecule has 1 fully saturated rings. The van der Waals surface area contributed by atoms with E-state index in [1.54, 1.807) is 7.11 Å². The molecule has 140 valence electrons. The van der Waals surface area contributed by atoms with Crippen LogP contribution in [-0.4, -0.2) is 77.7 Å². The predicted molar refractivity (Wildman–Crippen MR) is 106 cm³/mol. The Hall–Kier alpha value is -1.99. The van der Waals surface area contributed by atoms with Crippen molar-refractivity contribution in [1.29, 1.82) is 0 Å². The van der Waals surface area contributed by atoms with Crippen LogP contribution in [0.1, 0.15) is 16.9 Å². The van der Waals surface area contributed by atoms with Crippen LogP contribution in [0.3, 0.4) is 0 Å². The average Bonchev–Trinajstić information content (AvgIpc) is 3.03. The lowest BCUT2D eigenvalue weighted by molar-refractivity contribution is 0.0669. The van der Waals surface area contributed by atoms with Crippen LogP contribution in [0.2, 0.25) is 0 Å². The van der Waals surface area contributed by atoms with Crippen molar-refractivity contribution in [3.05, 3.63) is 36.0 Å². The number of likely N-dealkylation sites (N-methyl/N-ethyl adjacent to an activating group) is 1. The molecule has 26 heavy (non-hydrogen) atoms. The Morgan fingerprint density at radius 3 is 3.04 bits per heavy atom. The van der Waals surface area contributed by atoms with Gasteiger partial charge in [0.15, 0.2) is 0 Å². The number of amides is 1. The first-order valence-corrected chi connectivity index (χ1v) is 9.97. The molecule has 1 aromatic heterocycles.